The molecule has 2 heterocycles. The van der Waals surface area contributed by atoms with E-state index in [1.807, 2.05) is 6.07 Å². The summed E-state index contributed by atoms with van der Waals surface area (Å²) >= 11 is 0. The van der Waals surface area contributed by atoms with E-state index in [0.29, 0.717) is 22.6 Å². The predicted octanol–water partition coefficient (Wildman–Crippen LogP) is 11.5. The Balaban J connectivity index is 1.24. The number of sulfone groups is 1. The maximum atomic E-state index is 14.6. The van der Waals surface area contributed by atoms with Gasteiger partial charge in [0.05, 0.1) is 15.2 Å². The fourth-order valence-corrected chi connectivity index (χ4v) is 10.6. The van der Waals surface area contributed by atoms with Crippen molar-refractivity contribution >= 4 is 48.5 Å². The fourth-order valence-electron chi connectivity index (χ4n) is 8.77. The third-order valence-electron chi connectivity index (χ3n) is 11.4. The Bertz CT molecular complexity index is 2530. The molecule has 262 valence electrons. The molecular weight excluding hydrogens is 657 g/mol. The van der Waals surface area contributed by atoms with Gasteiger partial charge in [-0.2, -0.15) is 4.58 Å². The Morgan fingerprint density at radius 2 is 1.37 bits per heavy atom. The summed E-state index contributed by atoms with van der Waals surface area (Å²) in [6.07, 6.45) is 12.0. The first-order chi connectivity index (χ1) is 25.0. The van der Waals surface area contributed by atoms with Crippen LogP contribution in [0.4, 0.5) is 11.4 Å². The summed E-state index contributed by atoms with van der Waals surface area (Å²) in [4.78, 5) is 0.761. The lowest BCUT2D eigenvalue weighted by atomic mass is 9.79. The van der Waals surface area contributed by atoms with Crippen molar-refractivity contribution in [2.45, 2.75) is 76.0 Å². The summed E-state index contributed by atoms with van der Waals surface area (Å²) in [5, 5.41) is 8.66. The second-order valence-corrected chi connectivity index (χ2v) is 17.3. The standard InChI is InChI=1S/C47H46N2O2S/c1-6-7-31-49-40-28-24-33-16-12-14-20-38(33)44(40)47(4,5)42(49)30-26-35-22-21-34(45(35)52(50,51)36-17-9-8-10-18-36)25-29-41-46(2,3)43-37-19-13-11-15-32(37)23-27-39(43)48-41/h8-20,23-30H,6-7,21-22,31H2,1-5H3/p+1. The number of benzene rings is 5. The molecule has 0 fully saturated rings. The molecule has 5 heteroatoms. The molecule has 4 nitrogen and oxygen atoms in total. The summed E-state index contributed by atoms with van der Waals surface area (Å²) in [6.45, 7) is 12.3. The van der Waals surface area contributed by atoms with Crippen LogP contribution in [0.25, 0.3) is 21.5 Å². The Morgan fingerprint density at radius 1 is 0.712 bits per heavy atom. The minimum atomic E-state index is -3.79. The van der Waals surface area contributed by atoms with Gasteiger partial charge in [0.1, 0.15) is 6.54 Å². The Hall–Kier alpha value is -5.00. The Morgan fingerprint density at radius 3 is 2.08 bits per heavy atom. The number of unbranched alkanes of at least 4 members (excludes halogenated alkanes) is 1. The van der Waals surface area contributed by atoms with Crippen molar-refractivity contribution in [1.29, 1.82) is 0 Å². The number of anilines is 1. The van der Waals surface area contributed by atoms with Crippen LogP contribution in [0.3, 0.4) is 0 Å². The van der Waals surface area contributed by atoms with E-state index in [4.69, 9.17) is 0 Å². The van der Waals surface area contributed by atoms with Gasteiger partial charge in [-0.3, -0.25) is 0 Å². The first-order valence-electron chi connectivity index (χ1n) is 18.6. The zero-order valence-electron chi connectivity index (χ0n) is 30.8. The van der Waals surface area contributed by atoms with Crippen molar-refractivity contribution in [3.05, 3.63) is 160 Å². The van der Waals surface area contributed by atoms with Crippen LogP contribution in [0.5, 0.6) is 0 Å². The van der Waals surface area contributed by atoms with Gasteiger partial charge in [-0.25, -0.2) is 8.42 Å². The summed E-state index contributed by atoms with van der Waals surface area (Å²) in [5.74, 6) is 0. The van der Waals surface area contributed by atoms with Crippen LogP contribution < -0.4 is 5.32 Å². The molecule has 0 bridgehead atoms. The fraction of sp³-hybridized carbons (Fsp3) is 0.255. The number of nitrogens with zero attached hydrogens (tertiary/aromatic N) is 1. The predicted molar refractivity (Wildman–Crippen MR) is 217 cm³/mol. The number of fused-ring (bicyclic) bond motifs is 6. The number of rotatable bonds is 8. The number of allylic oxidation sites excluding steroid dienone is 7. The summed E-state index contributed by atoms with van der Waals surface area (Å²) in [6, 6.07) is 34.9. The third kappa shape index (κ3) is 5.49. The lowest BCUT2D eigenvalue weighted by molar-refractivity contribution is -0.438. The molecule has 0 amide bonds. The quantitative estimate of drug-likeness (QED) is 0.164. The van der Waals surface area contributed by atoms with Crippen LogP contribution in [-0.4, -0.2) is 25.2 Å². The lowest BCUT2D eigenvalue weighted by Gasteiger charge is -2.21. The summed E-state index contributed by atoms with van der Waals surface area (Å²) in [7, 11) is -3.79. The molecule has 0 radical (unpaired) electrons. The zero-order valence-corrected chi connectivity index (χ0v) is 31.6. The molecule has 0 unspecified atom stereocenters. The van der Waals surface area contributed by atoms with Crippen LogP contribution in [0.2, 0.25) is 0 Å². The van der Waals surface area contributed by atoms with Crippen molar-refractivity contribution in [3.63, 3.8) is 0 Å². The lowest BCUT2D eigenvalue weighted by Crippen LogP contribution is -2.28. The average Bonchev–Trinajstić information content (AvgIpc) is 3.75. The van der Waals surface area contributed by atoms with Gasteiger partial charge in [0.15, 0.2) is 5.71 Å². The second kappa shape index (κ2) is 12.9. The van der Waals surface area contributed by atoms with Gasteiger partial charge in [0.25, 0.3) is 0 Å². The SMILES string of the molecule is CCCC[N+]1=C(C=CC2=C(S(=O)(=O)c3ccccc3)C(=CC=C3Nc4ccc5ccccc5c4C3(C)C)CC2)C(C)(C)c2c1ccc1ccccc21. The van der Waals surface area contributed by atoms with E-state index in [1.54, 1.807) is 24.3 Å². The molecule has 1 N–H and O–H groups in total. The minimum absolute atomic E-state index is 0.264. The van der Waals surface area contributed by atoms with Crippen LogP contribution in [0.1, 0.15) is 71.4 Å². The van der Waals surface area contributed by atoms with E-state index in [2.05, 4.69) is 142 Å². The molecular formula is C47H47N2O2S+. The maximum Gasteiger partial charge on any atom is 0.210 e. The highest BCUT2D eigenvalue weighted by molar-refractivity contribution is 7.95. The number of nitrogens with one attached hydrogen (secondary N) is 1. The Kier molecular flexibility index (Phi) is 8.46. The van der Waals surface area contributed by atoms with Crippen LogP contribution in [0.15, 0.2) is 154 Å². The van der Waals surface area contributed by atoms with Crippen molar-refractivity contribution in [3.8, 4) is 0 Å². The highest BCUT2D eigenvalue weighted by Gasteiger charge is 2.45. The van der Waals surface area contributed by atoms with Crippen molar-refractivity contribution in [2.24, 2.45) is 0 Å². The number of hydrogen-bond acceptors (Lipinski definition) is 3. The minimum Gasteiger partial charge on any atom is -0.358 e. The van der Waals surface area contributed by atoms with Gasteiger partial charge in [-0.15, -0.1) is 0 Å². The monoisotopic (exact) mass is 703 g/mol. The topological polar surface area (TPSA) is 49.2 Å². The van der Waals surface area contributed by atoms with Gasteiger partial charge in [-0.1, -0.05) is 112 Å². The van der Waals surface area contributed by atoms with E-state index in [9.17, 15) is 8.42 Å². The van der Waals surface area contributed by atoms with Crippen LogP contribution in [-0.2, 0) is 20.7 Å². The molecule has 0 saturated carbocycles. The van der Waals surface area contributed by atoms with E-state index in [1.165, 1.54) is 44.1 Å². The highest BCUT2D eigenvalue weighted by atomic mass is 32.2. The van der Waals surface area contributed by atoms with Gasteiger partial charge in [0, 0.05) is 40.9 Å². The van der Waals surface area contributed by atoms with Gasteiger partial charge < -0.3 is 5.32 Å². The van der Waals surface area contributed by atoms with Crippen molar-refractivity contribution in [1.82, 2.24) is 0 Å². The molecule has 0 spiro atoms. The summed E-state index contributed by atoms with van der Waals surface area (Å²) < 4.78 is 31.6. The molecule has 0 saturated heterocycles. The second-order valence-electron chi connectivity index (χ2n) is 15.4. The van der Waals surface area contributed by atoms with E-state index < -0.39 is 9.84 Å². The van der Waals surface area contributed by atoms with E-state index in [0.717, 1.165) is 41.9 Å². The largest absolute Gasteiger partial charge is 0.358 e. The molecule has 1 aliphatic carbocycles. The molecule has 52 heavy (non-hydrogen) atoms. The van der Waals surface area contributed by atoms with E-state index >= 15 is 0 Å². The Labute approximate surface area is 308 Å². The average molecular weight is 704 g/mol. The molecule has 0 aromatic heterocycles. The molecule has 2 aliphatic heterocycles. The molecule has 5 aromatic carbocycles. The van der Waals surface area contributed by atoms with Crippen molar-refractivity contribution < 1.29 is 13.0 Å². The number of hydrogen-bond donors (Lipinski definition) is 1. The summed E-state index contributed by atoms with van der Waals surface area (Å²) in [5.41, 5.74) is 8.41. The van der Waals surface area contributed by atoms with Gasteiger partial charge >= 0.3 is 0 Å². The normalized spacial score (nSPS) is 19.4. The zero-order chi connectivity index (χ0) is 36.3. The molecule has 3 aliphatic rings. The molecule has 8 rings (SSSR count). The van der Waals surface area contributed by atoms with Crippen LogP contribution in [0, 0.1) is 0 Å². The first-order valence-corrected chi connectivity index (χ1v) is 20.1. The smallest absolute Gasteiger partial charge is 0.210 e. The van der Waals surface area contributed by atoms with E-state index in [-0.39, 0.29) is 10.8 Å². The van der Waals surface area contributed by atoms with Crippen molar-refractivity contribution in [2.75, 3.05) is 11.9 Å². The van der Waals surface area contributed by atoms with Gasteiger partial charge in [0.2, 0.25) is 15.5 Å². The highest BCUT2D eigenvalue weighted by Crippen LogP contribution is 2.48. The first kappa shape index (κ1) is 34.1. The maximum absolute atomic E-state index is 14.6. The molecule has 5 aromatic rings. The van der Waals surface area contributed by atoms with Gasteiger partial charge in [-0.05, 0) is 95.3 Å². The third-order valence-corrected chi connectivity index (χ3v) is 13.4. The molecule has 0 atom stereocenters. The van der Waals surface area contributed by atoms with Crippen LogP contribution >= 0.6 is 0 Å².